The Kier molecular flexibility index (Phi) is 6.85. The number of para-hydroxylation sites is 3. The number of amides is 1. The molecule has 0 N–H and O–H groups in total. The maximum absolute atomic E-state index is 14.0. The van der Waals surface area contributed by atoms with Crippen molar-refractivity contribution in [3.05, 3.63) is 125 Å². The Morgan fingerprint density at radius 3 is 2.43 bits per heavy atom. The summed E-state index contributed by atoms with van der Waals surface area (Å²) in [6.45, 7) is 2.29. The van der Waals surface area contributed by atoms with E-state index in [0.29, 0.717) is 41.1 Å². The first-order valence-electron chi connectivity index (χ1n) is 12.2. The van der Waals surface area contributed by atoms with Gasteiger partial charge < -0.3 is 14.1 Å². The lowest BCUT2D eigenvalue weighted by Gasteiger charge is -2.32. The van der Waals surface area contributed by atoms with Gasteiger partial charge in [0.1, 0.15) is 11.6 Å². The second kappa shape index (κ2) is 10.5. The van der Waals surface area contributed by atoms with Crippen LogP contribution in [0.25, 0.3) is 16.6 Å². The van der Waals surface area contributed by atoms with Crippen LogP contribution in [0.5, 0.6) is 5.75 Å². The van der Waals surface area contributed by atoms with Crippen molar-refractivity contribution in [1.82, 2.24) is 14.5 Å². The molecule has 7 nitrogen and oxygen atoms in total. The minimum atomic E-state index is -0.542. The van der Waals surface area contributed by atoms with E-state index < -0.39 is 6.04 Å². The summed E-state index contributed by atoms with van der Waals surface area (Å²) in [5, 5.41) is 0.485. The Balaban J connectivity index is 1.76. The molecule has 0 saturated carbocycles. The summed E-state index contributed by atoms with van der Waals surface area (Å²) in [7, 11) is 1.57. The number of rotatable bonds is 8. The zero-order chi connectivity index (χ0) is 25.8. The summed E-state index contributed by atoms with van der Waals surface area (Å²) in [6.07, 6.45) is 1.99. The molecule has 5 aromatic rings. The molecule has 0 fully saturated rings. The second-order valence-electron chi connectivity index (χ2n) is 8.62. The number of fused-ring (bicyclic) bond motifs is 1. The number of hydrogen-bond donors (Lipinski definition) is 0. The maximum atomic E-state index is 14.0. The molecule has 0 aliphatic heterocycles. The number of furan rings is 1. The van der Waals surface area contributed by atoms with Gasteiger partial charge in [-0.15, -0.1) is 0 Å². The first kappa shape index (κ1) is 24.1. The average molecular weight is 494 g/mol. The largest absolute Gasteiger partial charge is 0.495 e. The van der Waals surface area contributed by atoms with E-state index in [9.17, 15) is 9.59 Å². The Bertz CT molecular complexity index is 1580. The van der Waals surface area contributed by atoms with Gasteiger partial charge in [-0.2, -0.15) is 0 Å². The van der Waals surface area contributed by atoms with Crippen molar-refractivity contribution in [3.8, 4) is 11.4 Å². The molecule has 0 radical (unpaired) electrons. The van der Waals surface area contributed by atoms with E-state index in [1.807, 2.05) is 73.7 Å². The van der Waals surface area contributed by atoms with Crippen molar-refractivity contribution < 1.29 is 13.9 Å². The second-order valence-corrected chi connectivity index (χ2v) is 8.62. The average Bonchev–Trinajstić information content (AvgIpc) is 3.49. The number of aromatic nitrogens is 2. The number of hydrogen-bond acceptors (Lipinski definition) is 5. The summed E-state index contributed by atoms with van der Waals surface area (Å²) in [5.74, 6) is 0.923. The Labute approximate surface area is 214 Å². The highest BCUT2D eigenvalue weighted by Gasteiger charge is 2.31. The Morgan fingerprint density at radius 2 is 1.70 bits per heavy atom. The van der Waals surface area contributed by atoms with Gasteiger partial charge >= 0.3 is 0 Å². The van der Waals surface area contributed by atoms with Crippen molar-refractivity contribution in [1.29, 1.82) is 0 Å². The smallest absolute Gasteiger partial charge is 0.290 e. The van der Waals surface area contributed by atoms with Crippen molar-refractivity contribution in [2.45, 2.75) is 25.9 Å². The minimum Gasteiger partial charge on any atom is -0.495 e. The lowest BCUT2D eigenvalue weighted by molar-refractivity contribution is 0.0607. The van der Waals surface area contributed by atoms with E-state index in [1.54, 1.807) is 40.8 Å². The summed E-state index contributed by atoms with van der Waals surface area (Å²) in [4.78, 5) is 34.4. The quantitative estimate of drug-likeness (QED) is 0.274. The fourth-order valence-corrected chi connectivity index (χ4v) is 4.61. The summed E-state index contributed by atoms with van der Waals surface area (Å²) >= 11 is 0. The zero-order valence-corrected chi connectivity index (χ0v) is 20.7. The van der Waals surface area contributed by atoms with Gasteiger partial charge in [0.15, 0.2) is 5.76 Å². The molecule has 1 atom stereocenters. The highest BCUT2D eigenvalue weighted by molar-refractivity contribution is 5.91. The van der Waals surface area contributed by atoms with Crippen LogP contribution in [0.2, 0.25) is 0 Å². The van der Waals surface area contributed by atoms with Crippen LogP contribution in [-0.2, 0) is 6.54 Å². The molecule has 1 amide bonds. The summed E-state index contributed by atoms with van der Waals surface area (Å²) in [6, 6.07) is 27.1. The molecule has 5 rings (SSSR count). The third-order valence-electron chi connectivity index (χ3n) is 6.38. The van der Waals surface area contributed by atoms with E-state index in [0.717, 1.165) is 5.56 Å². The van der Waals surface area contributed by atoms with Crippen molar-refractivity contribution >= 4 is 16.8 Å². The van der Waals surface area contributed by atoms with Crippen molar-refractivity contribution in [3.63, 3.8) is 0 Å². The standard InChI is InChI=1S/C30H27N3O4/c1-3-24(32(20-21-12-5-4-6-13-21)30(35)27-18-11-19-37-27)28-31-23-15-8-7-14-22(23)29(34)33(28)25-16-9-10-17-26(25)36-2/h4-19,24H,3,20H2,1-2H3. The number of methoxy groups -OCH3 is 1. The number of nitrogens with zero attached hydrogens (tertiary/aromatic N) is 3. The summed E-state index contributed by atoms with van der Waals surface area (Å²) < 4.78 is 12.7. The van der Waals surface area contributed by atoms with Gasteiger partial charge in [0, 0.05) is 6.54 Å². The van der Waals surface area contributed by atoms with Crippen LogP contribution in [0.15, 0.2) is 106 Å². The van der Waals surface area contributed by atoms with E-state index in [4.69, 9.17) is 14.1 Å². The van der Waals surface area contributed by atoms with E-state index in [2.05, 4.69) is 0 Å². The molecule has 37 heavy (non-hydrogen) atoms. The first-order valence-corrected chi connectivity index (χ1v) is 12.2. The van der Waals surface area contributed by atoms with E-state index in [-0.39, 0.29) is 17.2 Å². The Hall–Kier alpha value is -4.65. The molecule has 1 unspecified atom stereocenters. The maximum Gasteiger partial charge on any atom is 0.290 e. The third kappa shape index (κ3) is 4.63. The molecule has 0 spiro atoms. The molecular formula is C30H27N3O4. The molecule has 0 aliphatic rings. The predicted molar refractivity (Wildman–Crippen MR) is 142 cm³/mol. The molecule has 0 bridgehead atoms. The first-order chi connectivity index (χ1) is 18.1. The zero-order valence-electron chi connectivity index (χ0n) is 20.7. The van der Waals surface area contributed by atoms with Gasteiger partial charge in [-0.25, -0.2) is 4.98 Å². The van der Waals surface area contributed by atoms with Crippen LogP contribution in [0, 0.1) is 0 Å². The molecule has 7 heteroatoms. The normalized spacial score (nSPS) is 11.8. The number of benzene rings is 3. The molecule has 0 saturated heterocycles. The van der Waals surface area contributed by atoms with Gasteiger partial charge in [-0.05, 0) is 48.4 Å². The van der Waals surface area contributed by atoms with Crippen molar-refractivity contribution in [2.75, 3.05) is 7.11 Å². The van der Waals surface area contributed by atoms with Crippen LogP contribution in [0.3, 0.4) is 0 Å². The number of ether oxygens (including phenoxy) is 1. The summed E-state index contributed by atoms with van der Waals surface area (Å²) in [5.41, 5.74) is 1.85. The fraction of sp³-hybridized carbons (Fsp3) is 0.167. The van der Waals surface area contributed by atoms with Crippen LogP contribution in [0.1, 0.15) is 41.3 Å². The van der Waals surface area contributed by atoms with E-state index >= 15 is 0 Å². The highest BCUT2D eigenvalue weighted by Crippen LogP contribution is 2.31. The van der Waals surface area contributed by atoms with Crippen LogP contribution >= 0.6 is 0 Å². The molecule has 3 aromatic carbocycles. The lowest BCUT2D eigenvalue weighted by Crippen LogP contribution is -2.38. The van der Waals surface area contributed by atoms with Gasteiger partial charge in [-0.1, -0.05) is 61.5 Å². The van der Waals surface area contributed by atoms with Gasteiger partial charge in [0.05, 0.1) is 36.0 Å². The van der Waals surface area contributed by atoms with Crippen molar-refractivity contribution in [2.24, 2.45) is 0 Å². The monoisotopic (exact) mass is 493 g/mol. The highest BCUT2D eigenvalue weighted by atomic mass is 16.5. The third-order valence-corrected chi connectivity index (χ3v) is 6.38. The molecule has 186 valence electrons. The SMILES string of the molecule is CCC(c1nc2ccccc2c(=O)n1-c1ccccc1OC)N(Cc1ccccc1)C(=O)c1ccco1. The van der Waals surface area contributed by atoms with Crippen LogP contribution in [-0.4, -0.2) is 27.5 Å². The molecular weight excluding hydrogens is 466 g/mol. The topological polar surface area (TPSA) is 77.6 Å². The van der Waals surface area contributed by atoms with Gasteiger partial charge in [0.25, 0.3) is 11.5 Å². The Morgan fingerprint density at radius 1 is 0.973 bits per heavy atom. The lowest BCUT2D eigenvalue weighted by atomic mass is 10.1. The van der Waals surface area contributed by atoms with E-state index in [1.165, 1.54) is 6.26 Å². The number of carbonyl (C=O) groups is 1. The predicted octanol–water partition coefficient (Wildman–Crippen LogP) is 5.78. The van der Waals surface area contributed by atoms with Crippen LogP contribution < -0.4 is 10.3 Å². The number of carbonyl (C=O) groups excluding carboxylic acids is 1. The molecule has 2 heterocycles. The van der Waals surface area contributed by atoms with Gasteiger partial charge in [-0.3, -0.25) is 14.2 Å². The molecule has 0 aliphatic carbocycles. The molecule has 2 aromatic heterocycles. The van der Waals surface area contributed by atoms with Gasteiger partial charge in [0.2, 0.25) is 0 Å². The fourth-order valence-electron chi connectivity index (χ4n) is 4.61. The van der Waals surface area contributed by atoms with Crippen LogP contribution in [0.4, 0.5) is 0 Å². The minimum absolute atomic E-state index is 0.223.